The Morgan fingerprint density at radius 1 is 1.27 bits per heavy atom. The van der Waals surface area contributed by atoms with Gasteiger partial charge in [-0.25, -0.2) is 13.1 Å². The average molecular weight is 332 g/mol. The van der Waals surface area contributed by atoms with Crippen LogP contribution >= 0.6 is 0 Å². The molecule has 1 aliphatic heterocycles. The van der Waals surface area contributed by atoms with E-state index in [0.717, 1.165) is 25.7 Å². The van der Waals surface area contributed by atoms with Gasteiger partial charge in [-0.2, -0.15) is 0 Å². The van der Waals surface area contributed by atoms with Crippen molar-refractivity contribution in [2.75, 3.05) is 33.1 Å². The third-order valence-electron chi connectivity index (χ3n) is 4.92. The summed E-state index contributed by atoms with van der Waals surface area (Å²) < 4.78 is 31.2. The molecule has 0 unspecified atom stereocenters. The number of piperidine rings is 1. The molecule has 2 fully saturated rings. The minimum Gasteiger partial charge on any atom is -0.385 e. The zero-order valence-corrected chi connectivity index (χ0v) is 14.5. The summed E-state index contributed by atoms with van der Waals surface area (Å²) in [7, 11) is -1.66. The lowest BCUT2D eigenvalue weighted by Gasteiger charge is -2.42. The van der Waals surface area contributed by atoms with Crippen LogP contribution in [0.1, 0.15) is 44.9 Å². The summed E-state index contributed by atoms with van der Waals surface area (Å²) in [6.07, 6.45) is 7.45. The number of nitrogens with one attached hydrogen (secondary N) is 1. The van der Waals surface area contributed by atoms with E-state index in [1.165, 1.54) is 6.26 Å². The second kappa shape index (κ2) is 7.27. The van der Waals surface area contributed by atoms with E-state index in [1.54, 1.807) is 7.11 Å². The Labute approximate surface area is 133 Å². The second-order valence-corrected chi connectivity index (χ2v) is 8.45. The number of carbonyl (C=O) groups excluding carboxylic acids is 1. The van der Waals surface area contributed by atoms with Gasteiger partial charge in [0.1, 0.15) is 0 Å². The summed E-state index contributed by atoms with van der Waals surface area (Å²) in [5.41, 5.74) is -0.476. The Balaban J connectivity index is 1.97. The first-order valence-electron chi connectivity index (χ1n) is 8.12. The molecule has 1 N–H and O–H groups in total. The molecule has 1 heterocycles. The highest BCUT2D eigenvalue weighted by Gasteiger charge is 2.39. The lowest BCUT2D eigenvalue weighted by atomic mass is 9.85. The van der Waals surface area contributed by atoms with Crippen molar-refractivity contribution in [1.29, 1.82) is 0 Å². The summed E-state index contributed by atoms with van der Waals surface area (Å²) in [4.78, 5) is 14.4. The first-order valence-corrected chi connectivity index (χ1v) is 10.0. The van der Waals surface area contributed by atoms with Crippen LogP contribution in [0.3, 0.4) is 0 Å². The van der Waals surface area contributed by atoms with Crippen LogP contribution in [0.4, 0.5) is 0 Å². The summed E-state index contributed by atoms with van der Waals surface area (Å²) in [5, 5.41) is 0. The molecule has 1 amide bonds. The van der Waals surface area contributed by atoms with Crippen LogP contribution in [0.25, 0.3) is 0 Å². The number of nitrogens with zero attached hydrogens (tertiary/aromatic N) is 1. The van der Waals surface area contributed by atoms with Crippen molar-refractivity contribution in [3.63, 3.8) is 0 Å². The number of rotatable bonds is 6. The van der Waals surface area contributed by atoms with E-state index in [2.05, 4.69) is 4.72 Å². The summed E-state index contributed by atoms with van der Waals surface area (Å²) in [5.74, 6) is 0.450. The molecule has 1 saturated carbocycles. The van der Waals surface area contributed by atoms with Crippen molar-refractivity contribution in [3.8, 4) is 0 Å². The Bertz CT molecular complexity index is 478. The predicted octanol–water partition coefficient (Wildman–Crippen LogP) is 1.12. The minimum atomic E-state index is -3.27. The molecule has 128 valence electrons. The molecule has 0 radical (unpaired) electrons. The SMILES string of the molecule is COCCC1(NS(C)(=O)=O)CCN(C(=O)C2CCCC2)CC1. The van der Waals surface area contributed by atoms with Crippen molar-refractivity contribution in [2.24, 2.45) is 5.92 Å². The number of hydrogen-bond acceptors (Lipinski definition) is 4. The van der Waals surface area contributed by atoms with Gasteiger partial charge in [-0.3, -0.25) is 4.79 Å². The predicted molar refractivity (Wildman–Crippen MR) is 85.0 cm³/mol. The van der Waals surface area contributed by atoms with Crippen LogP contribution < -0.4 is 4.72 Å². The normalized spacial score (nSPS) is 22.9. The standard InChI is InChI=1S/C15H28N2O4S/c1-21-12-9-15(16-22(2,19)20)7-10-17(11-8-15)14(18)13-5-3-4-6-13/h13,16H,3-12H2,1-2H3. The molecular weight excluding hydrogens is 304 g/mol. The van der Waals surface area contributed by atoms with Gasteiger partial charge in [0.15, 0.2) is 0 Å². The van der Waals surface area contributed by atoms with Crippen LogP contribution in [0.2, 0.25) is 0 Å². The first-order chi connectivity index (χ1) is 10.4. The monoisotopic (exact) mass is 332 g/mol. The topological polar surface area (TPSA) is 75.7 Å². The number of sulfonamides is 1. The second-order valence-electron chi connectivity index (χ2n) is 6.70. The molecule has 0 bridgehead atoms. The quantitative estimate of drug-likeness (QED) is 0.791. The van der Waals surface area contributed by atoms with Crippen LogP contribution in [-0.2, 0) is 19.6 Å². The molecule has 0 aromatic rings. The molecule has 0 aromatic carbocycles. The van der Waals surface area contributed by atoms with Crippen molar-refractivity contribution in [1.82, 2.24) is 9.62 Å². The summed E-state index contributed by atoms with van der Waals surface area (Å²) in [6, 6.07) is 0. The maximum absolute atomic E-state index is 12.5. The van der Waals surface area contributed by atoms with Crippen molar-refractivity contribution >= 4 is 15.9 Å². The van der Waals surface area contributed by atoms with E-state index >= 15 is 0 Å². The molecule has 0 atom stereocenters. The average Bonchev–Trinajstić information content (AvgIpc) is 2.98. The molecule has 22 heavy (non-hydrogen) atoms. The Morgan fingerprint density at radius 3 is 2.36 bits per heavy atom. The first kappa shape index (κ1) is 17.7. The number of carbonyl (C=O) groups is 1. The lowest BCUT2D eigenvalue weighted by Crippen LogP contribution is -2.56. The van der Waals surface area contributed by atoms with Gasteiger partial charge in [0.2, 0.25) is 15.9 Å². The van der Waals surface area contributed by atoms with Crippen LogP contribution in [0, 0.1) is 5.92 Å². The van der Waals surface area contributed by atoms with Crippen LogP contribution in [0.5, 0.6) is 0 Å². The molecule has 6 nitrogen and oxygen atoms in total. The number of ether oxygens (including phenoxy) is 1. The number of likely N-dealkylation sites (tertiary alicyclic amines) is 1. The molecule has 1 aliphatic carbocycles. The van der Waals surface area contributed by atoms with Crippen molar-refractivity contribution in [3.05, 3.63) is 0 Å². The van der Waals surface area contributed by atoms with E-state index in [1.807, 2.05) is 4.90 Å². The number of methoxy groups -OCH3 is 1. The highest BCUT2D eigenvalue weighted by Crippen LogP contribution is 2.31. The smallest absolute Gasteiger partial charge is 0.225 e. The van der Waals surface area contributed by atoms with E-state index in [9.17, 15) is 13.2 Å². The molecule has 1 saturated heterocycles. The third kappa shape index (κ3) is 4.67. The van der Waals surface area contributed by atoms with Gasteiger partial charge >= 0.3 is 0 Å². The molecule has 2 rings (SSSR count). The molecular formula is C15H28N2O4S. The maximum atomic E-state index is 12.5. The summed E-state index contributed by atoms with van der Waals surface area (Å²) in [6.45, 7) is 1.77. The molecule has 2 aliphatic rings. The fourth-order valence-corrected chi connectivity index (χ4v) is 4.77. The van der Waals surface area contributed by atoms with Gasteiger partial charge in [0.25, 0.3) is 0 Å². The van der Waals surface area contributed by atoms with Crippen molar-refractivity contribution < 1.29 is 17.9 Å². The fraction of sp³-hybridized carbons (Fsp3) is 0.933. The van der Waals surface area contributed by atoms with Crippen LogP contribution in [0.15, 0.2) is 0 Å². The van der Waals surface area contributed by atoms with E-state index in [0.29, 0.717) is 39.0 Å². The summed E-state index contributed by atoms with van der Waals surface area (Å²) >= 11 is 0. The van der Waals surface area contributed by atoms with Crippen LogP contribution in [-0.4, -0.2) is 57.8 Å². The highest BCUT2D eigenvalue weighted by molar-refractivity contribution is 7.88. The minimum absolute atomic E-state index is 0.189. The zero-order chi connectivity index (χ0) is 16.2. The van der Waals surface area contributed by atoms with E-state index in [4.69, 9.17) is 4.74 Å². The number of hydrogen-bond donors (Lipinski definition) is 1. The van der Waals surface area contributed by atoms with Gasteiger partial charge < -0.3 is 9.64 Å². The van der Waals surface area contributed by atoms with Crippen molar-refractivity contribution in [2.45, 2.75) is 50.5 Å². The largest absolute Gasteiger partial charge is 0.385 e. The third-order valence-corrected chi connectivity index (χ3v) is 5.73. The highest BCUT2D eigenvalue weighted by atomic mass is 32.2. The molecule has 0 spiro atoms. The van der Waals surface area contributed by atoms with E-state index in [-0.39, 0.29) is 11.8 Å². The van der Waals surface area contributed by atoms with Gasteiger partial charge in [-0.1, -0.05) is 12.8 Å². The Morgan fingerprint density at radius 2 is 1.86 bits per heavy atom. The molecule has 7 heteroatoms. The zero-order valence-electron chi connectivity index (χ0n) is 13.6. The van der Waals surface area contributed by atoms with E-state index < -0.39 is 15.6 Å². The lowest BCUT2D eigenvalue weighted by molar-refractivity contribution is -0.137. The maximum Gasteiger partial charge on any atom is 0.225 e. The Hall–Kier alpha value is -0.660. The molecule has 0 aromatic heterocycles. The fourth-order valence-electron chi connectivity index (χ4n) is 3.68. The van der Waals surface area contributed by atoms with Gasteiger partial charge in [0, 0.05) is 38.3 Å². The number of amides is 1. The Kier molecular flexibility index (Phi) is 5.85. The van der Waals surface area contributed by atoms with Gasteiger partial charge in [0.05, 0.1) is 6.26 Å². The van der Waals surface area contributed by atoms with Gasteiger partial charge in [-0.15, -0.1) is 0 Å². The van der Waals surface area contributed by atoms with Gasteiger partial charge in [-0.05, 0) is 32.1 Å².